The molecule has 0 bridgehead atoms. The van der Waals surface area contributed by atoms with Crippen LogP contribution >= 0.6 is 0 Å². The molecular formula is C21H24N4O3. The van der Waals surface area contributed by atoms with Crippen LogP contribution in [0.25, 0.3) is 0 Å². The fourth-order valence-electron chi connectivity index (χ4n) is 4.17. The van der Waals surface area contributed by atoms with Crippen LogP contribution in [0, 0.1) is 17.0 Å². The molecule has 1 amide bonds. The van der Waals surface area contributed by atoms with Crippen LogP contribution in [0.3, 0.4) is 0 Å². The number of nitro benzene ring substituents is 1. The maximum Gasteiger partial charge on any atom is 0.292 e. The van der Waals surface area contributed by atoms with Crippen molar-refractivity contribution in [2.24, 2.45) is 0 Å². The highest BCUT2D eigenvalue weighted by Gasteiger charge is 2.29. The minimum absolute atomic E-state index is 0.0278. The molecule has 0 aromatic heterocycles. The molecule has 2 aromatic carbocycles. The maximum absolute atomic E-state index is 12.9. The predicted octanol–water partition coefficient (Wildman–Crippen LogP) is 3.22. The lowest BCUT2D eigenvalue weighted by Gasteiger charge is -2.25. The van der Waals surface area contributed by atoms with E-state index in [1.807, 2.05) is 36.1 Å². The highest BCUT2D eigenvalue weighted by Crippen LogP contribution is 2.39. The first-order valence-electron chi connectivity index (χ1n) is 9.69. The molecule has 2 aliphatic heterocycles. The lowest BCUT2D eigenvalue weighted by molar-refractivity contribution is -0.384. The Bertz CT molecular complexity index is 928. The van der Waals surface area contributed by atoms with Crippen LogP contribution < -0.4 is 10.2 Å². The molecule has 0 unspecified atom stereocenters. The molecule has 2 heterocycles. The second-order valence-electron chi connectivity index (χ2n) is 7.40. The molecule has 0 aliphatic carbocycles. The summed E-state index contributed by atoms with van der Waals surface area (Å²) < 4.78 is 0. The molecule has 4 rings (SSSR count). The number of nitrogens with zero attached hydrogens (tertiary/aromatic N) is 3. The summed E-state index contributed by atoms with van der Waals surface area (Å²) >= 11 is 0. The molecule has 1 saturated heterocycles. The monoisotopic (exact) mass is 380 g/mol. The smallest absolute Gasteiger partial charge is 0.292 e. The molecule has 0 saturated carbocycles. The molecule has 2 aromatic rings. The molecular weight excluding hydrogens is 356 g/mol. The fourth-order valence-corrected chi connectivity index (χ4v) is 4.17. The molecule has 0 spiro atoms. The van der Waals surface area contributed by atoms with E-state index < -0.39 is 0 Å². The fraction of sp³-hybridized carbons (Fsp3) is 0.381. The number of anilines is 2. The number of fused-ring (bicyclic) bond motifs is 1. The van der Waals surface area contributed by atoms with E-state index in [9.17, 15) is 14.9 Å². The molecule has 2 aliphatic rings. The first-order valence-corrected chi connectivity index (χ1v) is 9.69. The van der Waals surface area contributed by atoms with Crippen molar-refractivity contribution in [1.29, 1.82) is 0 Å². The average molecular weight is 380 g/mol. The molecule has 0 radical (unpaired) electrons. The van der Waals surface area contributed by atoms with Gasteiger partial charge in [0.05, 0.1) is 4.92 Å². The summed E-state index contributed by atoms with van der Waals surface area (Å²) in [5, 5.41) is 14.9. The Labute approximate surface area is 164 Å². The lowest BCUT2D eigenvalue weighted by atomic mass is 10.1. The van der Waals surface area contributed by atoms with E-state index in [-0.39, 0.29) is 16.5 Å². The standard InChI is InChI=1S/C21H24N4O3/c1-15-4-2-5-16(14-15)21(26)24-11-3-10-23(12-13-24)20-17-8-9-22-18(17)6-7-19(20)25(27)28/h2,4-7,14,22H,3,8-13H2,1H3. The van der Waals surface area contributed by atoms with E-state index >= 15 is 0 Å². The van der Waals surface area contributed by atoms with Crippen molar-refractivity contribution in [1.82, 2.24) is 4.90 Å². The van der Waals surface area contributed by atoms with E-state index in [0.29, 0.717) is 31.7 Å². The van der Waals surface area contributed by atoms with E-state index in [2.05, 4.69) is 10.2 Å². The van der Waals surface area contributed by atoms with Crippen molar-refractivity contribution < 1.29 is 9.72 Å². The quantitative estimate of drug-likeness (QED) is 0.653. The third-order valence-corrected chi connectivity index (χ3v) is 5.51. The lowest BCUT2D eigenvalue weighted by Crippen LogP contribution is -2.35. The minimum Gasteiger partial charge on any atom is -0.384 e. The number of amides is 1. The zero-order valence-corrected chi connectivity index (χ0v) is 16.0. The first kappa shape index (κ1) is 18.3. The summed E-state index contributed by atoms with van der Waals surface area (Å²) in [7, 11) is 0. The number of hydrogen-bond acceptors (Lipinski definition) is 5. The van der Waals surface area contributed by atoms with Gasteiger partial charge >= 0.3 is 0 Å². The van der Waals surface area contributed by atoms with Crippen molar-refractivity contribution in [3.05, 3.63) is 63.2 Å². The van der Waals surface area contributed by atoms with Gasteiger partial charge in [0.15, 0.2) is 0 Å². The van der Waals surface area contributed by atoms with Crippen LogP contribution in [-0.2, 0) is 6.42 Å². The number of rotatable bonds is 3. The molecule has 1 N–H and O–H groups in total. The van der Waals surface area contributed by atoms with Crippen molar-refractivity contribution in [3.8, 4) is 0 Å². The van der Waals surface area contributed by atoms with Crippen molar-refractivity contribution >= 4 is 23.0 Å². The van der Waals surface area contributed by atoms with E-state index in [1.54, 1.807) is 12.1 Å². The van der Waals surface area contributed by atoms with Crippen LogP contribution in [0.1, 0.15) is 27.9 Å². The van der Waals surface area contributed by atoms with Gasteiger partial charge in [-0.25, -0.2) is 0 Å². The summed E-state index contributed by atoms with van der Waals surface area (Å²) in [5.41, 5.74) is 4.64. The van der Waals surface area contributed by atoms with Gasteiger partial charge in [-0.15, -0.1) is 0 Å². The van der Waals surface area contributed by atoms with Crippen molar-refractivity contribution in [2.45, 2.75) is 19.8 Å². The normalized spacial score (nSPS) is 16.3. The van der Waals surface area contributed by atoms with Gasteiger partial charge in [0.25, 0.3) is 11.6 Å². The number of hydrogen-bond donors (Lipinski definition) is 1. The average Bonchev–Trinajstić information content (AvgIpc) is 3.03. The molecule has 7 nitrogen and oxygen atoms in total. The Hall–Kier alpha value is -3.09. The number of nitro groups is 1. The number of nitrogens with one attached hydrogen (secondary N) is 1. The second kappa shape index (κ2) is 7.50. The maximum atomic E-state index is 12.9. The molecule has 1 fully saturated rings. The Kier molecular flexibility index (Phi) is 4.90. The molecule has 0 atom stereocenters. The van der Waals surface area contributed by atoms with Gasteiger partial charge in [-0.2, -0.15) is 0 Å². The second-order valence-corrected chi connectivity index (χ2v) is 7.40. The van der Waals surface area contributed by atoms with Gasteiger partial charge in [0, 0.05) is 55.6 Å². The van der Waals surface area contributed by atoms with E-state index in [1.165, 1.54) is 0 Å². The SMILES string of the molecule is Cc1cccc(C(=O)N2CCCN(c3c([N+](=O)[O-])ccc4c3CCN4)CC2)c1. The van der Waals surface area contributed by atoms with Gasteiger partial charge in [0.1, 0.15) is 5.69 Å². The summed E-state index contributed by atoms with van der Waals surface area (Å²) in [6.07, 6.45) is 1.57. The van der Waals surface area contributed by atoms with Crippen LogP contribution in [0.2, 0.25) is 0 Å². The van der Waals surface area contributed by atoms with Crippen molar-refractivity contribution in [3.63, 3.8) is 0 Å². The Morgan fingerprint density at radius 1 is 1.14 bits per heavy atom. The van der Waals surface area contributed by atoms with Crippen LogP contribution in [0.5, 0.6) is 0 Å². The van der Waals surface area contributed by atoms with Crippen LogP contribution in [-0.4, -0.2) is 48.5 Å². The third-order valence-electron chi connectivity index (χ3n) is 5.51. The molecule has 7 heteroatoms. The largest absolute Gasteiger partial charge is 0.384 e. The summed E-state index contributed by atoms with van der Waals surface area (Å²) in [6.45, 7) is 5.29. The van der Waals surface area contributed by atoms with Crippen LogP contribution in [0.4, 0.5) is 17.1 Å². The zero-order chi connectivity index (χ0) is 19.7. The van der Waals surface area contributed by atoms with E-state index in [0.717, 1.165) is 41.9 Å². The van der Waals surface area contributed by atoms with Gasteiger partial charge in [-0.05, 0) is 38.0 Å². The number of carbonyl (C=O) groups excluding carboxylic acids is 1. The molecule has 146 valence electrons. The summed E-state index contributed by atoms with van der Waals surface area (Å²) in [4.78, 5) is 28.2. The van der Waals surface area contributed by atoms with Crippen LogP contribution in [0.15, 0.2) is 36.4 Å². The predicted molar refractivity (Wildman–Crippen MR) is 109 cm³/mol. The van der Waals surface area contributed by atoms with Gasteiger partial charge in [-0.3, -0.25) is 14.9 Å². The van der Waals surface area contributed by atoms with Gasteiger partial charge in [0.2, 0.25) is 0 Å². The van der Waals surface area contributed by atoms with Gasteiger partial charge in [-0.1, -0.05) is 17.7 Å². The first-order chi connectivity index (χ1) is 13.5. The number of aryl methyl sites for hydroxylation is 1. The third kappa shape index (κ3) is 3.40. The van der Waals surface area contributed by atoms with E-state index in [4.69, 9.17) is 0 Å². The number of benzene rings is 2. The minimum atomic E-state index is -0.297. The Morgan fingerprint density at radius 3 is 2.79 bits per heavy atom. The summed E-state index contributed by atoms with van der Waals surface area (Å²) in [5.74, 6) is 0.0278. The topological polar surface area (TPSA) is 78.7 Å². The number of carbonyl (C=O) groups is 1. The van der Waals surface area contributed by atoms with Gasteiger partial charge < -0.3 is 15.1 Å². The van der Waals surface area contributed by atoms with Crippen molar-refractivity contribution in [2.75, 3.05) is 42.9 Å². The summed E-state index contributed by atoms with van der Waals surface area (Å²) in [6, 6.07) is 11.0. The Morgan fingerprint density at radius 2 is 2.00 bits per heavy atom. The molecule has 28 heavy (non-hydrogen) atoms. The zero-order valence-electron chi connectivity index (χ0n) is 16.0. The highest BCUT2D eigenvalue weighted by molar-refractivity contribution is 5.94. The Balaban J connectivity index is 1.58. The highest BCUT2D eigenvalue weighted by atomic mass is 16.6.